The Bertz CT molecular complexity index is 1610. The number of hydrogen-bond donors (Lipinski definition) is 1. The van der Waals surface area contributed by atoms with E-state index in [-0.39, 0.29) is 43.7 Å². The number of fused-ring (bicyclic) bond motifs is 2. The molecule has 0 fully saturated rings. The number of aryl methyl sites for hydroxylation is 1. The van der Waals surface area contributed by atoms with E-state index in [1.165, 1.54) is 4.57 Å². The number of rotatable bonds is 17. The number of H-pyrrole nitrogens is 1. The normalized spacial score (nSPS) is 13.2. The lowest BCUT2D eigenvalue weighted by Gasteiger charge is -2.33. The fourth-order valence-corrected chi connectivity index (χ4v) is 4.79. The van der Waals surface area contributed by atoms with Crippen molar-refractivity contribution in [3.63, 3.8) is 0 Å². The maximum atomic E-state index is 13.0. The van der Waals surface area contributed by atoms with E-state index in [1.807, 2.05) is 6.92 Å². The lowest BCUT2D eigenvalue weighted by Crippen LogP contribution is -2.49. The lowest BCUT2D eigenvalue weighted by atomic mass is 10.1. The Balaban J connectivity index is 2.26. The van der Waals surface area contributed by atoms with Crippen molar-refractivity contribution in [2.24, 2.45) is 0 Å². The zero-order valence-corrected chi connectivity index (χ0v) is 27.0. The van der Waals surface area contributed by atoms with Crippen molar-refractivity contribution in [3.8, 4) is 11.5 Å². The van der Waals surface area contributed by atoms with Gasteiger partial charge in [0.25, 0.3) is 5.56 Å². The van der Waals surface area contributed by atoms with Crippen LogP contribution in [0.15, 0.2) is 27.8 Å². The van der Waals surface area contributed by atoms with Crippen LogP contribution >= 0.6 is 0 Å². The van der Waals surface area contributed by atoms with Crippen LogP contribution in [-0.2, 0) is 44.7 Å². The van der Waals surface area contributed by atoms with Crippen molar-refractivity contribution in [1.29, 1.82) is 0 Å². The summed E-state index contributed by atoms with van der Waals surface area (Å²) >= 11 is 0. The first-order chi connectivity index (χ1) is 22.0. The summed E-state index contributed by atoms with van der Waals surface area (Å²) in [6, 6.07) is 5.23. The molecule has 0 aromatic heterocycles. The molecule has 0 radical (unpaired) electrons. The molecule has 0 aliphatic carbocycles. The average molecular weight is 643 g/mol. The van der Waals surface area contributed by atoms with E-state index in [2.05, 4.69) is 15.0 Å². The van der Waals surface area contributed by atoms with Crippen LogP contribution in [-0.4, -0.2) is 68.3 Å². The zero-order chi connectivity index (χ0) is 33.8. The van der Waals surface area contributed by atoms with Crippen molar-refractivity contribution in [2.75, 3.05) is 6.61 Å². The van der Waals surface area contributed by atoms with Gasteiger partial charge in [-0.05, 0) is 50.3 Å². The van der Waals surface area contributed by atoms with Crippen LogP contribution in [0.3, 0.4) is 0 Å². The molecule has 1 aromatic carbocycles. The van der Waals surface area contributed by atoms with E-state index >= 15 is 0 Å². The molecule has 0 amide bonds. The molecule has 0 saturated carbocycles. The van der Waals surface area contributed by atoms with Gasteiger partial charge in [-0.3, -0.25) is 29.0 Å². The summed E-state index contributed by atoms with van der Waals surface area (Å²) in [6.07, 6.45) is -2.19. The zero-order valence-electron chi connectivity index (χ0n) is 27.0. The van der Waals surface area contributed by atoms with E-state index in [0.29, 0.717) is 36.7 Å². The van der Waals surface area contributed by atoms with Gasteiger partial charge in [-0.15, -0.1) is 0 Å². The van der Waals surface area contributed by atoms with Gasteiger partial charge in [0.05, 0.1) is 17.6 Å². The average Bonchev–Trinajstić information content (AvgIpc) is 2.99. The summed E-state index contributed by atoms with van der Waals surface area (Å²) in [7, 11) is 0. The highest BCUT2D eigenvalue weighted by Crippen LogP contribution is 2.26. The number of ether oxygens (including phenoxy) is 4. The minimum Gasteiger partial charge on any atom is -0.462 e. The van der Waals surface area contributed by atoms with Gasteiger partial charge in [0.1, 0.15) is 6.61 Å². The van der Waals surface area contributed by atoms with Crippen molar-refractivity contribution in [3.05, 3.63) is 44.6 Å². The summed E-state index contributed by atoms with van der Waals surface area (Å²) in [5, 5.41) is 0. The second-order valence-electron chi connectivity index (χ2n) is 11.0. The fourth-order valence-electron chi connectivity index (χ4n) is 4.79. The molecule has 0 spiro atoms. The molecule has 0 saturated heterocycles. The van der Waals surface area contributed by atoms with Crippen LogP contribution < -0.4 is 11.2 Å². The molecule has 2 aliphatic heterocycles. The van der Waals surface area contributed by atoms with Gasteiger partial charge in [-0.1, -0.05) is 33.8 Å². The molecule has 14 nitrogen and oxygen atoms in total. The Morgan fingerprint density at radius 1 is 0.783 bits per heavy atom. The standard InChI is InChI=1S/C32H42N4O10/c1-6-10-24(37)43-18-23(45-26(39)12-8-3)29(46-27(40)13-9-4)22(44-25(38)11-7-2)17-36-21-16-19(5)14-15-20(21)33-28-30(36)34-32(42)35-31(28)41/h14-16,22-23,29H,6-13,17-18H2,1-5H3,(H,35,41,42). The molecule has 3 unspecified atom stereocenters. The molecule has 3 rings (SSSR count). The van der Waals surface area contributed by atoms with E-state index in [1.54, 1.807) is 45.9 Å². The topological polar surface area (TPSA) is 186 Å². The van der Waals surface area contributed by atoms with E-state index < -0.39 is 60.0 Å². The maximum absolute atomic E-state index is 13.0. The third-order valence-electron chi connectivity index (χ3n) is 6.92. The third kappa shape index (κ3) is 9.69. The number of aromatic amines is 1. The van der Waals surface area contributed by atoms with Crippen LogP contribution in [0.4, 0.5) is 0 Å². The van der Waals surface area contributed by atoms with E-state index in [4.69, 9.17) is 18.9 Å². The van der Waals surface area contributed by atoms with Gasteiger partial charge in [-0.25, -0.2) is 9.78 Å². The van der Waals surface area contributed by atoms with Crippen LogP contribution in [0, 0.1) is 6.92 Å². The summed E-state index contributed by atoms with van der Waals surface area (Å²) in [5.41, 5.74) is -0.205. The fraction of sp³-hybridized carbons (Fsp3) is 0.562. The molecule has 0 bridgehead atoms. The van der Waals surface area contributed by atoms with Crippen LogP contribution in [0.25, 0.3) is 22.6 Å². The molecule has 2 heterocycles. The monoisotopic (exact) mass is 642 g/mol. The largest absolute Gasteiger partial charge is 0.462 e. The van der Waals surface area contributed by atoms with Crippen molar-refractivity contribution < 1.29 is 38.1 Å². The predicted octanol–water partition coefficient (Wildman–Crippen LogP) is 3.37. The first kappa shape index (κ1) is 35.9. The molecule has 1 aromatic rings. The van der Waals surface area contributed by atoms with E-state index in [0.717, 1.165) is 5.56 Å². The third-order valence-corrected chi connectivity index (χ3v) is 6.92. The molecule has 3 atom stereocenters. The number of nitrogens with zero attached hydrogens (tertiary/aromatic N) is 3. The van der Waals surface area contributed by atoms with E-state index in [9.17, 15) is 28.8 Å². The minimum absolute atomic E-state index is 0.00129. The van der Waals surface area contributed by atoms with Crippen LogP contribution in [0.1, 0.15) is 84.6 Å². The molecular weight excluding hydrogens is 600 g/mol. The number of nitrogens with one attached hydrogen (secondary N) is 1. The Hall–Kier alpha value is -4.62. The molecule has 46 heavy (non-hydrogen) atoms. The number of benzene rings is 1. The summed E-state index contributed by atoms with van der Waals surface area (Å²) in [6.45, 7) is 8.18. The Morgan fingerprint density at radius 2 is 1.35 bits per heavy atom. The Labute approximate surface area is 266 Å². The molecular formula is C32H42N4O10. The van der Waals surface area contributed by atoms with Crippen molar-refractivity contribution in [1.82, 2.24) is 19.5 Å². The minimum atomic E-state index is -1.46. The number of carbonyl (C=O) groups excluding carboxylic acids is 4. The smallest absolute Gasteiger partial charge is 0.349 e. The number of carbonyl (C=O) groups is 4. The van der Waals surface area contributed by atoms with Gasteiger partial charge >= 0.3 is 29.6 Å². The predicted molar refractivity (Wildman–Crippen MR) is 166 cm³/mol. The number of hydrogen-bond acceptors (Lipinski definition) is 12. The summed E-state index contributed by atoms with van der Waals surface area (Å²) in [5.74, 6) is -2.60. The number of esters is 4. The molecule has 2 aliphatic rings. The van der Waals surface area contributed by atoms with Crippen LogP contribution in [0.2, 0.25) is 0 Å². The SMILES string of the molecule is CCCC(=O)OCC(OC(=O)CCC)C(OC(=O)CCC)C(Cn1c2nc(=O)[nH]c(=O)c-2nc2ccc(C)cc21)OC(=O)CCC. The molecule has 14 heteroatoms. The second kappa shape index (κ2) is 17.2. The van der Waals surface area contributed by atoms with Gasteiger partial charge in [0.2, 0.25) is 0 Å². The maximum Gasteiger partial charge on any atom is 0.349 e. The van der Waals surface area contributed by atoms with Gasteiger partial charge < -0.3 is 23.5 Å². The van der Waals surface area contributed by atoms with Crippen LogP contribution in [0.5, 0.6) is 0 Å². The van der Waals surface area contributed by atoms with Crippen molar-refractivity contribution in [2.45, 2.75) is 111 Å². The van der Waals surface area contributed by atoms with Gasteiger partial charge in [0, 0.05) is 25.7 Å². The first-order valence-electron chi connectivity index (χ1n) is 15.7. The Morgan fingerprint density at radius 3 is 1.96 bits per heavy atom. The van der Waals surface area contributed by atoms with Crippen molar-refractivity contribution >= 4 is 34.9 Å². The molecule has 1 N–H and O–H groups in total. The highest BCUT2D eigenvalue weighted by molar-refractivity contribution is 5.80. The first-order valence-corrected chi connectivity index (χ1v) is 15.7. The van der Waals surface area contributed by atoms with Gasteiger partial charge in [0.15, 0.2) is 29.8 Å². The summed E-state index contributed by atoms with van der Waals surface area (Å²) in [4.78, 5) is 87.0. The highest BCUT2D eigenvalue weighted by Gasteiger charge is 2.40. The highest BCUT2D eigenvalue weighted by atomic mass is 16.6. The Kier molecular flexibility index (Phi) is 13.4. The second-order valence-corrected chi connectivity index (χ2v) is 11.0. The quantitative estimate of drug-likeness (QED) is 0.129. The van der Waals surface area contributed by atoms with Gasteiger partial charge in [-0.2, -0.15) is 4.98 Å². The number of aromatic nitrogens is 4. The summed E-state index contributed by atoms with van der Waals surface area (Å²) < 4.78 is 24.4. The molecule has 250 valence electrons. The lowest BCUT2D eigenvalue weighted by molar-refractivity contribution is -0.193.